The van der Waals surface area contributed by atoms with Gasteiger partial charge in [-0.3, -0.25) is 4.90 Å². The summed E-state index contributed by atoms with van der Waals surface area (Å²) in [6.45, 7) is 8.71. The minimum absolute atomic E-state index is 0.178. The van der Waals surface area contributed by atoms with Crippen molar-refractivity contribution in [2.24, 2.45) is 17.6 Å². The molecule has 3 nitrogen and oxygen atoms in total. The Bertz CT molecular complexity index is 573. The van der Waals surface area contributed by atoms with Gasteiger partial charge in [0, 0.05) is 24.5 Å². The summed E-state index contributed by atoms with van der Waals surface area (Å²) in [5, 5.41) is 1.16. The molecular formula is C18H26N2O. The fraction of sp³-hybridized carbons (Fsp3) is 0.556. The Labute approximate surface area is 127 Å². The molecule has 0 spiro atoms. The summed E-state index contributed by atoms with van der Waals surface area (Å²) < 4.78 is 6.07. The Balaban J connectivity index is 1.93. The van der Waals surface area contributed by atoms with Gasteiger partial charge in [-0.05, 0) is 37.3 Å². The Hall–Kier alpha value is -1.32. The molecule has 0 bridgehead atoms. The van der Waals surface area contributed by atoms with Crippen LogP contribution in [0.15, 0.2) is 34.7 Å². The van der Waals surface area contributed by atoms with Crippen molar-refractivity contribution in [3.63, 3.8) is 0 Å². The minimum atomic E-state index is 0.178. The summed E-state index contributed by atoms with van der Waals surface area (Å²) in [4.78, 5) is 2.54. The second kappa shape index (κ2) is 5.82. The number of hydrogen-bond acceptors (Lipinski definition) is 3. The highest BCUT2D eigenvalue weighted by molar-refractivity contribution is 5.77. The van der Waals surface area contributed by atoms with E-state index in [4.69, 9.17) is 10.2 Å². The number of fused-ring (bicyclic) bond motifs is 1. The first-order valence-electron chi connectivity index (χ1n) is 8.04. The standard InChI is InChI=1S/C18H26N2O/c1-12-8-13(2)14(3)20(11-12)16(10-19)18-9-15-6-4-5-7-17(15)21-18/h4-7,9,12-14,16H,8,10-11,19H2,1-3H3. The first-order chi connectivity index (χ1) is 10.1. The van der Waals surface area contributed by atoms with Crippen molar-refractivity contribution in [2.45, 2.75) is 39.3 Å². The zero-order valence-electron chi connectivity index (χ0n) is 13.3. The molecular weight excluding hydrogens is 260 g/mol. The van der Waals surface area contributed by atoms with Crippen LogP contribution in [0, 0.1) is 11.8 Å². The van der Waals surface area contributed by atoms with Gasteiger partial charge in [0.05, 0.1) is 6.04 Å². The first kappa shape index (κ1) is 14.6. The predicted molar refractivity (Wildman–Crippen MR) is 87.1 cm³/mol. The highest BCUT2D eigenvalue weighted by Gasteiger charge is 2.34. The molecule has 3 rings (SSSR count). The molecule has 1 aromatic heterocycles. The van der Waals surface area contributed by atoms with E-state index in [0.29, 0.717) is 18.5 Å². The zero-order chi connectivity index (χ0) is 15.0. The van der Waals surface area contributed by atoms with Gasteiger partial charge < -0.3 is 10.2 Å². The van der Waals surface area contributed by atoms with E-state index in [0.717, 1.165) is 29.2 Å². The lowest BCUT2D eigenvalue weighted by atomic mass is 9.84. The second-order valence-corrected chi connectivity index (χ2v) is 6.69. The molecule has 2 aromatic rings. The normalized spacial score (nSPS) is 28.9. The van der Waals surface area contributed by atoms with Gasteiger partial charge in [-0.1, -0.05) is 32.0 Å². The molecule has 0 radical (unpaired) electrons. The molecule has 1 aliphatic rings. The van der Waals surface area contributed by atoms with Crippen LogP contribution in [0.3, 0.4) is 0 Å². The molecule has 3 heteroatoms. The van der Waals surface area contributed by atoms with Gasteiger partial charge in [-0.2, -0.15) is 0 Å². The predicted octanol–water partition coefficient (Wildman–Crippen LogP) is 3.80. The van der Waals surface area contributed by atoms with E-state index in [1.54, 1.807) is 0 Å². The van der Waals surface area contributed by atoms with Gasteiger partial charge in [-0.15, -0.1) is 0 Å². The number of likely N-dealkylation sites (tertiary alicyclic amines) is 1. The van der Waals surface area contributed by atoms with Crippen LogP contribution >= 0.6 is 0 Å². The lowest BCUT2D eigenvalue weighted by Crippen LogP contribution is -2.49. The molecule has 1 fully saturated rings. The zero-order valence-corrected chi connectivity index (χ0v) is 13.3. The number of benzene rings is 1. The maximum Gasteiger partial charge on any atom is 0.134 e. The van der Waals surface area contributed by atoms with Gasteiger partial charge in [0.2, 0.25) is 0 Å². The lowest BCUT2D eigenvalue weighted by Gasteiger charge is -2.44. The first-order valence-corrected chi connectivity index (χ1v) is 8.04. The Morgan fingerprint density at radius 2 is 2.05 bits per heavy atom. The van der Waals surface area contributed by atoms with E-state index in [1.807, 2.05) is 18.2 Å². The molecule has 0 aliphatic carbocycles. The van der Waals surface area contributed by atoms with Crippen LogP contribution in [0.5, 0.6) is 0 Å². The van der Waals surface area contributed by atoms with Crippen molar-refractivity contribution in [1.29, 1.82) is 0 Å². The largest absolute Gasteiger partial charge is 0.459 e. The van der Waals surface area contributed by atoms with Crippen LogP contribution in [-0.2, 0) is 0 Å². The summed E-state index contributed by atoms with van der Waals surface area (Å²) in [6, 6.07) is 11.1. The molecule has 2 N–H and O–H groups in total. The van der Waals surface area contributed by atoms with E-state index in [1.165, 1.54) is 6.42 Å². The number of furan rings is 1. The summed E-state index contributed by atoms with van der Waals surface area (Å²) in [5.74, 6) is 2.42. The van der Waals surface area contributed by atoms with Gasteiger partial charge in [0.15, 0.2) is 0 Å². The van der Waals surface area contributed by atoms with Gasteiger partial charge >= 0.3 is 0 Å². The van der Waals surface area contributed by atoms with Crippen LogP contribution in [0.1, 0.15) is 39.0 Å². The number of para-hydroxylation sites is 1. The Morgan fingerprint density at radius 1 is 1.29 bits per heavy atom. The number of nitrogens with two attached hydrogens (primary N) is 1. The number of rotatable bonds is 3. The molecule has 1 saturated heterocycles. The van der Waals surface area contributed by atoms with E-state index >= 15 is 0 Å². The van der Waals surface area contributed by atoms with E-state index in [2.05, 4.69) is 37.8 Å². The molecule has 4 unspecified atom stereocenters. The quantitative estimate of drug-likeness (QED) is 0.933. The molecule has 21 heavy (non-hydrogen) atoms. The van der Waals surface area contributed by atoms with Crippen molar-refractivity contribution >= 4 is 11.0 Å². The van der Waals surface area contributed by atoms with Gasteiger partial charge in [0.1, 0.15) is 11.3 Å². The monoisotopic (exact) mass is 286 g/mol. The van der Waals surface area contributed by atoms with Crippen molar-refractivity contribution in [3.8, 4) is 0 Å². The lowest BCUT2D eigenvalue weighted by molar-refractivity contribution is 0.0352. The average Bonchev–Trinajstić information content (AvgIpc) is 2.88. The molecule has 1 aliphatic heterocycles. The Kier molecular flexibility index (Phi) is 4.05. The topological polar surface area (TPSA) is 42.4 Å². The van der Waals surface area contributed by atoms with Crippen molar-refractivity contribution < 1.29 is 4.42 Å². The highest BCUT2D eigenvalue weighted by atomic mass is 16.3. The summed E-state index contributed by atoms with van der Waals surface area (Å²) >= 11 is 0. The third kappa shape index (κ3) is 2.72. The maximum absolute atomic E-state index is 6.11. The van der Waals surface area contributed by atoms with Crippen molar-refractivity contribution in [1.82, 2.24) is 4.90 Å². The van der Waals surface area contributed by atoms with Gasteiger partial charge in [0.25, 0.3) is 0 Å². The molecule has 0 amide bonds. The van der Waals surface area contributed by atoms with E-state index < -0.39 is 0 Å². The summed E-state index contributed by atoms with van der Waals surface area (Å²) in [6.07, 6.45) is 1.30. The fourth-order valence-electron chi connectivity index (χ4n) is 3.75. The molecule has 2 heterocycles. The number of piperidine rings is 1. The average molecular weight is 286 g/mol. The van der Waals surface area contributed by atoms with Crippen LogP contribution in [-0.4, -0.2) is 24.0 Å². The third-order valence-corrected chi connectivity index (χ3v) is 5.04. The smallest absolute Gasteiger partial charge is 0.134 e. The molecule has 1 aromatic carbocycles. The maximum atomic E-state index is 6.11. The van der Waals surface area contributed by atoms with E-state index in [-0.39, 0.29) is 6.04 Å². The fourth-order valence-corrected chi connectivity index (χ4v) is 3.75. The van der Waals surface area contributed by atoms with Gasteiger partial charge in [-0.25, -0.2) is 0 Å². The molecule has 114 valence electrons. The molecule has 4 atom stereocenters. The third-order valence-electron chi connectivity index (χ3n) is 5.04. The minimum Gasteiger partial charge on any atom is -0.459 e. The SMILES string of the molecule is CC1CC(C)C(C)N(C(CN)c2cc3ccccc3o2)C1. The Morgan fingerprint density at radius 3 is 2.76 bits per heavy atom. The highest BCUT2D eigenvalue weighted by Crippen LogP contribution is 2.35. The van der Waals surface area contributed by atoms with Crippen molar-refractivity contribution in [3.05, 3.63) is 36.1 Å². The molecule has 0 saturated carbocycles. The second-order valence-electron chi connectivity index (χ2n) is 6.69. The van der Waals surface area contributed by atoms with Crippen molar-refractivity contribution in [2.75, 3.05) is 13.1 Å². The number of nitrogens with zero attached hydrogens (tertiary/aromatic N) is 1. The van der Waals surface area contributed by atoms with Crippen LogP contribution in [0.2, 0.25) is 0 Å². The van der Waals surface area contributed by atoms with Crippen LogP contribution in [0.4, 0.5) is 0 Å². The summed E-state index contributed by atoms with van der Waals surface area (Å²) in [7, 11) is 0. The van der Waals surface area contributed by atoms with Crippen LogP contribution < -0.4 is 5.73 Å². The number of hydrogen-bond donors (Lipinski definition) is 1. The van der Waals surface area contributed by atoms with Crippen LogP contribution in [0.25, 0.3) is 11.0 Å². The summed E-state index contributed by atoms with van der Waals surface area (Å²) in [5.41, 5.74) is 7.06. The van der Waals surface area contributed by atoms with E-state index in [9.17, 15) is 0 Å².